The fourth-order valence-electron chi connectivity index (χ4n) is 1.74. The third-order valence-electron chi connectivity index (χ3n) is 2.95. The Morgan fingerprint density at radius 3 is 2.75 bits per heavy atom. The number of amides is 2. The molecule has 20 heavy (non-hydrogen) atoms. The van der Waals surface area contributed by atoms with Crippen LogP contribution in [0.1, 0.15) is 32.3 Å². The van der Waals surface area contributed by atoms with Crippen LogP contribution in [0.3, 0.4) is 0 Å². The van der Waals surface area contributed by atoms with E-state index in [2.05, 4.69) is 10.6 Å². The van der Waals surface area contributed by atoms with Gasteiger partial charge < -0.3 is 20.5 Å². The summed E-state index contributed by atoms with van der Waals surface area (Å²) in [7, 11) is 0. The first-order chi connectivity index (χ1) is 9.67. The second kappa shape index (κ2) is 9.20. The lowest BCUT2D eigenvalue weighted by molar-refractivity contribution is 0.160. The van der Waals surface area contributed by atoms with Gasteiger partial charge in [0.25, 0.3) is 0 Å². The molecule has 1 atom stereocenters. The zero-order valence-corrected chi connectivity index (χ0v) is 12.2. The maximum Gasteiger partial charge on any atom is 0.315 e. The van der Waals surface area contributed by atoms with Crippen molar-refractivity contribution < 1.29 is 14.6 Å². The SMILES string of the molecule is CCOc1ccccc1CNC(=O)NCCC(O)CC. The zero-order valence-electron chi connectivity index (χ0n) is 12.2. The van der Waals surface area contributed by atoms with E-state index < -0.39 is 0 Å². The molecule has 1 rings (SSSR count). The van der Waals surface area contributed by atoms with Crippen LogP contribution in [0.5, 0.6) is 5.75 Å². The van der Waals surface area contributed by atoms with E-state index in [1.807, 2.05) is 38.1 Å². The summed E-state index contributed by atoms with van der Waals surface area (Å²) in [5, 5.41) is 14.9. The summed E-state index contributed by atoms with van der Waals surface area (Å²) in [6, 6.07) is 7.39. The number of nitrogens with one attached hydrogen (secondary N) is 2. The van der Waals surface area contributed by atoms with E-state index in [9.17, 15) is 9.90 Å². The third kappa shape index (κ3) is 5.93. The molecule has 5 nitrogen and oxygen atoms in total. The fourth-order valence-corrected chi connectivity index (χ4v) is 1.74. The van der Waals surface area contributed by atoms with Crippen molar-refractivity contribution in [3.05, 3.63) is 29.8 Å². The van der Waals surface area contributed by atoms with Gasteiger partial charge in [-0.1, -0.05) is 25.1 Å². The first kappa shape index (κ1) is 16.3. The standard InChI is InChI=1S/C15H24N2O3/c1-3-13(18)9-10-16-15(19)17-11-12-7-5-6-8-14(12)20-4-2/h5-8,13,18H,3-4,9-11H2,1-2H3,(H2,16,17,19). The molecule has 0 aliphatic carbocycles. The average molecular weight is 280 g/mol. The molecule has 0 radical (unpaired) electrons. The van der Waals surface area contributed by atoms with Crippen molar-refractivity contribution in [2.45, 2.75) is 39.3 Å². The molecule has 1 aromatic rings. The Balaban J connectivity index is 2.33. The molecule has 0 aliphatic rings. The number of rotatable bonds is 8. The van der Waals surface area contributed by atoms with Crippen LogP contribution >= 0.6 is 0 Å². The Hall–Kier alpha value is -1.75. The summed E-state index contributed by atoms with van der Waals surface area (Å²) in [4.78, 5) is 11.6. The van der Waals surface area contributed by atoms with Crippen molar-refractivity contribution in [3.8, 4) is 5.75 Å². The highest BCUT2D eigenvalue weighted by Crippen LogP contribution is 2.17. The fraction of sp³-hybridized carbons (Fsp3) is 0.533. The van der Waals surface area contributed by atoms with Crippen LogP contribution in [0.4, 0.5) is 4.79 Å². The van der Waals surface area contributed by atoms with Gasteiger partial charge in [0.1, 0.15) is 5.75 Å². The number of aliphatic hydroxyl groups is 1. The molecular weight excluding hydrogens is 256 g/mol. The molecule has 0 aliphatic heterocycles. The van der Waals surface area contributed by atoms with Gasteiger partial charge >= 0.3 is 6.03 Å². The van der Waals surface area contributed by atoms with Gasteiger partial charge in [-0.2, -0.15) is 0 Å². The Morgan fingerprint density at radius 1 is 1.30 bits per heavy atom. The monoisotopic (exact) mass is 280 g/mol. The number of aliphatic hydroxyl groups excluding tert-OH is 1. The minimum absolute atomic E-state index is 0.236. The Labute approximate surface area is 120 Å². The molecule has 2 amide bonds. The summed E-state index contributed by atoms with van der Waals surface area (Å²) < 4.78 is 5.49. The van der Waals surface area contributed by atoms with E-state index >= 15 is 0 Å². The molecule has 0 heterocycles. The van der Waals surface area contributed by atoms with Crippen LogP contribution in [-0.4, -0.2) is 30.4 Å². The molecule has 112 valence electrons. The number of hydrogen-bond donors (Lipinski definition) is 3. The van der Waals surface area contributed by atoms with Crippen LogP contribution in [0, 0.1) is 0 Å². The van der Waals surface area contributed by atoms with Crippen LogP contribution in [0.15, 0.2) is 24.3 Å². The number of para-hydroxylation sites is 1. The van der Waals surface area contributed by atoms with E-state index in [-0.39, 0.29) is 12.1 Å². The van der Waals surface area contributed by atoms with E-state index in [0.29, 0.717) is 32.5 Å². The van der Waals surface area contributed by atoms with Gasteiger partial charge in [0.2, 0.25) is 0 Å². The second-order valence-corrected chi connectivity index (χ2v) is 4.50. The van der Waals surface area contributed by atoms with Crippen LogP contribution in [0.25, 0.3) is 0 Å². The molecule has 0 saturated carbocycles. The van der Waals surface area contributed by atoms with E-state index in [1.165, 1.54) is 0 Å². The number of carbonyl (C=O) groups is 1. The smallest absolute Gasteiger partial charge is 0.315 e. The Bertz CT molecular complexity index is 410. The lowest BCUT2D eigenvalue weighted by atomic mass is 10.2. The lowest BCUT2D eigenvalue weighted by Gasteiger charge is -2.12. The quantitative estimate of drug-likeness (QED) is 0.682. The van der Waals surface area contributed by atoms with Gasteiger partial charge in [0.05, 0.1) is 12.7 Å². The van der Waals surface area contributed by atoms with Gasteiger partial charge in [-0.3, -0.25) is 0 Å². The number of ether oxygens (including phenoxy) is 1. The summed E-state index contributed by atoms with van der Waals surface area (Å²) in [5.74, 6) is 0.789. The minimum Gasteiger partial charge on any atom is -0.494 e. The minimum atomic E-state index is -0.353. The van der Waals surface area contributed by atoms with E-state index in [1.54, 1.807) is 0 Å². The summed E-state index contributed by atoms with van der Waals surface area (Å²) >= 11 is 0. The Morgan fingerprint density at radius 2 is 2.05 bits per heavy atom. The van der Waals surface area contributed by atoms with Gasteiger partial charge in [0.15, 0.2) is 0 Å². The number of urea groups is 1. The molecule has 5 heteroatoms. The van der Waals surface area contributed by atoms with Gasteiger partial charge in [-0.05, 0) is 25.8 Å². The molecule has 0 fully saturated rings. The molecular formula is C15H24N2O3. The average Bonchev–Trinajstić information content (AvgIpc) is 2.46. The van der Waals surface area contributed by atoms with Crippen molar-refractivity contribution in [2.75, 3.05) is 13.2 Å². The topological polar surface area (TPSA) is 70.6 Å². The number of hydrogen-bond acceptors (Lipinski definition) is 3. The highest BCUT2D eigenvalue weighted by Gasteiger charge is 2.06. The third-order valence-corrected chi connectivity index (χ3v) is 2.95. The molecule has 1 unspecified atom stereocenters. The molecule has 0 aromatic heterocycles. The van der Waals surface area contributed by atoms with Crippen LogP contribution < -0.4 is 15.4 Å². The van der Waals surface area contributed by atoms with Crippen LogP contribution in [-0.2, 0) is 6.54 Å². The normalized spacial score (nSPS) is 11.8. The largest absolute Gasteiger partial charge is 0.494 e. The number of carbonyl (C=O) groups excluding carboxylic acids is 1. The predicted molar refractivity (Wildman–Crippen MR) is 78.8 cm³/mol. The van der Waals surface area contributed by atoms with Gasteiger partial charge in [-0.15, -0.1) is 0 Å². The molecule has 0 saturated heterocycles. The second-order valence-electron chi connectivity index (χ2n) is 4.50. The summed E-state index contributed by atoms with van der Waals surface area (Å²) in [6.45, 7) is 5.32. The Kier molecular flexibility index (Phi) is 7.50. The molecule has 0 spiro atoms. The van der Waals surface area contributed by atoms with Crippen LogP contribution in [0.2, 0.25) is 0 Å². The molecule has 0 bridgehead atoms. The van der Waals surface area contributed by atoms with E-state index in [4.69, 9.17) is 4.74 Å². The highest BCUT2D eigenvalue weighted by molar-refractivity contribution is 5.73. The van der Waals surface area contributed by atoms with Crippen molar-refractivity contribution >= 4 is 6.03 Å². The first-order valence-electron chi connectivity index (χ1n) is 7.07. The summed E-state index contributed by atoms with van der Waals surface area (Å²) in [5.41, 5.74) is 0.943. The molecule has 3 N–H and O–H groups in total. The maximum atomic E-state index is 11.6. The molecule has 1 aromatic carbocycles. The predicted octanol–water partition coefficient (Wildman–Crippen LogP) is 2.05. The zero-order chi connectivity index (χ0) is 14.8. The lowest BCUT2D eigenvalue weighted by Crippen LogP contribution is -2.36. The van der Waals surface area contributed by atoms with Gasteiger partial charge in [-0.25, -0.2) is 4.79 Å². The first-order valence-corrected chi connectivity index (χ1v) is 7.07. The maximum absolute atomic E-state index is 11.6. The van der Waals surface area contributed by atoms with Crippen molar-refractivity contribution in [2.24, 2.45) is 0 Å². The number of benzene rings is 1. The van der Waals surface area contributed by atoms with Crippen molar-refractivity contribution in [1.82, 2.24) is 10.6 Å². The van der Waals surface area contributed by atoms with E-state index in [0.717, 1.165) is 11.3 Å². The van der Waals surface area contributed by atoms with Crippen molar-refractivity contribution in [1.29, 1.82) is 0 Å². The van der Waals surface area contributed by atoms with Crippen molar-refractivity contribution in [3.63, 3.8) is 0 Å². The highest BCUT2D eigenvalue weighted by atomic mass is 16.5. The summed E-state index contributed by atoms with van der Waals surface area (Å²) in [6.07, 6.45) is 0.916. The van der Waals surface area contributed by atoms with Gasteiger partial charge in [0, 0.05) is 18.7 Å².